The van der Waals surface area contributed by atoms with Crippen molar-refractivity contribution in [2.45, 2.75) is 19.6 Å². The summed E-state index contributed by atoms with van der Waals surface area (Å²) < 4.78 is 9.55. The van der Waals surface area contributed by atoms with Gasteiger partial charge in [-0.05, 0) is 13.0 Å². The second-order valence-corrected chi connectivity index (χ2v) is 3.25. The third-order valence-electron chi connectivity index (χ3n) is 1.87. The van der Waals surface area contributed by atoms with Crippen LogP contribution in [0.15, 0.2) is 16.7 Å². The molecule has 84 valence electrons. The smallest absolute Gasteiger partial charge is 0.374 e. The van der Waals surface area contributed by atoms with Crippen molar-refractivity contribution in [1.82, 2.24) is 5.32 Å². The highest BCUT2D eigenvalue weighted by Crippen LogP contribution is 2.11. The van der Waals surface area contributed by atoms with Gasteiger partial charge in [0.2, 0.25) is 5.76 Å². The number of hydrogen-bond donors (Lipinski definition) is 2. The summed E-state index contributed by atoms with van der Waals surface area (Å²) in [6.07, 6.45) is 1.02. The lowest BCUT2D eigenvalue weighted by Gasteiger charge is -2.06. The highest BCUT2D eigenvalue weighted by molar-refractivity contribution is 5.87. The fourth-order valence-electron chi connectivity index (χ4n) is 1.16. The minimum Gasteiger partial charge on any atom is -0.463 e. The van der Waals surface area contributed by atoms with Crippen LogP contribution in [0.5, 0.6) is 0 Å². The molecule has 1 heterocycles. The van der Waals surface area contributed by atoms with Gasteiger partial charge in [-0.2, -0.15) is 0 Å². The Labute approximate surface area is 88.0 Å². The van der Waals surface area contributed by atoms with E-state index < -0.39 is 12.1 Å². The van der Waals surface area contributed by atoms with Gasteiger partial charge in [-0.25, -0.2) is 4.79 Å². The average molecular weight is 213 g/mol. The average Bonchev–Trinajstić information content (AvgIpc) is 2.64. The fourth-order valence-corrected chi connectivity index (χ4v) is 1.16. The Morgan fingerprint density at radius 1 is 1.73 bits per heavy atom. The zero-order valence-corrected chi connectivity index (χ0v) is 8.82. The Hall–Kier alpha value is -1.33. The summed E-state index contributed by atoms with van der Waals surface area (Å²) in [7, 11) is 1.30. The lowest BCUT2D eigenvalue weighted by Crippen LogP contribution is -2.24. The zero-order chi connectivity index (χ0) is 11.3. The maximum Gasteiger partial charge on any atom is 0.374 e. The third-order valence-corrected chi connectivity index (χ3v) is 1.87. The molecule has 1 rings (SSSR count). The number of aliphatic hydroxyl groups excluding tert-OH is 1. The monoisotopic (exact) mass is 213 g/mol. The SMILES string of the molecule is COC(=O)c1occc1CNC[C@@H](C)O. The Morgan fingerprint density at radius 2 is 2.47 bits per heavy atom. The number of rotatable bonds is 5. The van der Waals surface area contributed by atoms with E-state index in [9.17, 15) is 4.79 Å². The van der Waals surface area contributed by atoms with Gasteiger partial charge >= 0.3 is 5.97 Å². The number of carbonyl (C=O) groups excluding carboxylic acids is 1. The van der Waals surface area contributed by atoms with Crippen LogP contribution in [0.25, 0.3) is 0 Å². The third kappa shape index (κ3) is 3.38. The molecule has 0 fully saturated rings. The van der Waals surface area contributed by atoms with E-state index >= 15 is 0 Å². The number of esters is 1. The van der Waals surface area contributed by atoms with Crippen LogP contribution in [0.1, 0.15) is 23.0 Å². The van der Waals surface area contributed by atoms with Gasteiger partial charge < -0.3 is 19.6 Å². The molecule has 0 bridgehead atoms. The summed E-state index contributed by atoms with van der Waals surface area (Å²) in [4.78, 5) is 11.2. The van der Waals surface area contributed by atoms with Crippen molar-refractivity contribution >= 4 is 5.97 Å². The standard InChI is InChI=1S/C10H15NO4/c1-7(12)5-11-6-8-3-4-15-9(8)10(13)14-2/h3-4,7,11-12H,5-6H2,1-2H3/t7-/m1/s1. The van der Waals surface area contributed by atoms with E-state index in [2.05, 4.69) is 10.1 Å². The van der Waals surface area contributed by atoms with Crippen molar-refractivity contribution in [1.29, 1.82) is 0 Å². The van der Waals surface area contributed by atoms with Gasteiger partial charge in [0.15, 0.2) is 0 Å². The van der Waals surface area contributed by atoms with Crippen molar-refractivity contribution in [3.05, 3.63) is 23.7 Å². The molecule has 5 heteroatoms. The van der Waals surface area contributed by atoms with Crippen LogP contribution in [0.2, 0.25) is 0 Å². The summed E-state index contributed by atoms with van der Waals surface area (Å²) in [5, 5.41) is 12.0. The molecule has 0 spiro atoms. The van der Waals surface area contributed by atoms with Crippen LogP contribution >= 0.6 is 0 Å². The molecule has 0 unspecified atom stereocenters. The van der Waals surface area contributed by atoms with Crippen LogP contribution in [-0.4, -0.2) is 30.8 Å². The largest absolute Gasteiger partial charge is 0.463 e. The second kappa shape index (κ2) is 5.53. The molecule has 1 aromatic rings. The molecular weight excluding hydrogens is 198 g/mol. The Bertz CT molecular complexity index is 319. The van der Waals surface area contributed by atoms with Gasteiger partial charge in [-0.1, -0.05) is 0 Å². The molecule has 1 aromatic heterocycles. The fraction of sp³-hybridized carbons (Fsp3) is 0.500. The molecule has 0 aliphatic heterocycles. The molecule has 2 N–H and O–H groups in total. The van der Waals surface area contributed by atoms with E-state index in [0.717, 1.165) is 5.56 Å². The molecule has 0 amide bonds. The van der Waals surface area contributed by atoms with E-state index in [4.69, 9.17) is 9.52 Å². The number of aliphatic hydroxyl groups is 1. The summed E-state index contributed by atoms with van der Waals surface area (Å²) in [6, 6.07) is 1.70. The van der Waals surface area contributed by atoms with Gasteiger partial charge in [-0.3, -0.25) is 0 Å². The van der Waals surface area contributed by atoms with E-state index in [1.807, 2.05) is 0 Å². The quantitative estimate of drug-likeness (QED) is 0.698. The molecule has 0 saturated heterocycles. The number of methoxy groups -OCH3 is 1. The van der Waals surface area contributed by atoms with Gasteiger partial charge in [0.25, 0.3) is 0 Å². The van der Waals surface area contributed by atoms with E-state index in [0.29, 0.717) is 13.1 Å². The molecule has 0 aliphatic rings. The maximum atomic E-state index is 11.2. The van der Waals surface area contributed by atoms with E-state index in [-0.39, 0.29) is 5.76 Å². The van der Waals surface area contributed by atoms with Crippen molar-refractivity contribution in [3.8, 4) is 0 Å². The summed E-state index contributed by atoms with van der Waals surface area (Å²) >= 11 is 0. The number of ether oxygens (including phenoxy) is 1. The molecule has 0 aliphatic carbocycles. The highest BCUT2D eigenvalue weighted by Gasteiger charge is 2.15. The molecule has 5 nitrogen and oxygen atoms in total. The van der Waals surface area contributed by atoms with Gasteiger partial charge in [0.05, 0.1) is 19.5 Å². The van der Waals surface area contributed by atoms with Crippen LogP contribution < -0.4 is 5.32 Å². The number of hydrogen-bond acceptors (Lipinski definition) is 5. The van der Waals surface area contributed by atoms with Crippen LogP contribution in [0.4, 0.5) is 0 Å². The van der Waals surface area contributed by atoms with E-state index in [1.165, 1.54) is 13.4 Å². The molecule has 0 radical (unpaired) electrons. The Balaban J connectivity index is 2.54. The first-order valence-electron chi connectivity index (χ1n) is 4.68. The van der Waals surface area contributed by atoms with Crippen molar-refractivity contribution in [2.24, 2.45) is 0 Å². The molecule has 15 heavy (non-hydrogen) atoms. The van der Waals surface area contributed by atoms with E-state index in [1.54, 1.807) is 13.0 Å². The number of furan rings is 1. The lowest BCUT2D eigenvalue weighted by atomic mass is 10.2. The predicted octanol–water partition coefficient (Wildman–Crippen LogP) is 0.537. The van der Waals surface area contributed by atoms with Crippen molar-refractivity contribution in [3.63, 3.8) is 0 Å². The van der Waals surface area contributed by atoms with Crippen LogP contribution in [0.3, 0.4) is 0 Å². The molecule has 0 saturated carbocycles. The lowest BCUT2D eigenvalue weighted by molar-refractivity contribution is 0.0563. The molecular formula is C10H15NO4. The summed E-state index contributed by atoms with van der Waals surface area (Å²) in [5.41, 5.74) is 0.725. The predicted molar refractivity (Wildman–Crippen MR) is 53.4 cm³/mol. The Kier molecular flexibility index (Phi) is 4.33. The first kappa shape index (κ1) is 11.7. The van der Waals surface area contributed by atoms with Gasteiger partial charge in [0.1, 0.15) is 0 Å². The van der Waals surface area contributed by atoms with Crippen molar-refractivity contribution in [2.75, 3.05) is 13.7 Å². The number of nitrogens with one attached hydrogen (secondary N) is 1. The Morgan fingerprint density at radius 3 is 3.07 bits per heavy atom. The normalized spacial score (nSPS) is 12.5. The minimum absolute atomic E-state index is 0.204. The highest BCUT2D eigenvalue weighted by atomic mass is 16.5. The van der Waals surface area contributed by atoms with Crippen LogP contribution in [-0.2, 0) is 11.3 Å². The molecule has 0 aromatic carbocycles. The topological polar surface area (TPSA) is 71.7 Å². The van der Waals surface area contributed by atoms with Crippen LogP contribution in [0, 0.1) is 0 Å². The van der Waals surface area contributed by atoms with Crippen molar-refractivity contribution < 1.29 is 19.1 Å². The van der Waals surface area contributed by atoms with Gasteiger partial charge in [0, 0.05) is 18.7 Å². The maximum absolute atomic E-state index is 11.2. The second-order valence-electron chi connectivity index (χ2n) is 3.25. The first-order valence-corrected chi connectivity index (χ1v) is 4.68. The summed E-state index contributed by atoms with van der Waals surface area (Å²) in [6.45, 7) is 2.61. The zero-order valence-electron chi connectivity index (χ0n) is 8.82. The summed E-state index contributed by atoms with van der Waals surface area (Å²) in [5.74, 6) is -0.288. The first-order chi connectivity index (χ1) is 7.15. The minimum atomic E-state index is -0.492. The van der Waals surface area contributed by atoms with Gasteiger partial charge in [-0.15, -0.1) is 0 Å². The molecule has 1 atom stereocenters. The number of carbonyl (C=O) groups is 1.